The Morgan fingerprint density at radius 2 is 0.841 bits per heavy atom. The van der Waals surface area contributed by atoms with Gasteiger partial charge in [0, 0.05) is 54.7 Å². The number of fused-ring (bicyclic) bond motifs is 9. The van der Waals surface area contributed by atoms with Crippen LogP contribution >= 0.6 is 0 Å². The van der Waals surface area contributed by atoms with E-state index in [1.54, 1.807) is 0 Å². The molecule has 0 N–H and O–H groups in total. The summed E-state index contributed by atoms with van der Waals surface area (Å²) in [5.41, 5.74) is 15.8. The minimum Gasteiger partial charge on any atom is -0.456 e. The molecule has 0 atom stereocenters. The molecule has 0 radical (unpaired) electrons. The lowest BCUT2D eigenvalue weighted by molar-refractivity contribution is 0.668. The van der Waals surface area contributed by atoms with Crippen LogP contribution in [0.25, 0.3) is 139 Å². The molecule has 0 aliphatic carbocycles. The normalized spacial score (nSPS) is 11.8. The van der Waals surface area contributed by atoms with E-state index in [2.05, 4.69) is 168 Å². The fourth-order valence-corrected chi connectivity index (χ4v) is 10.3. The van der Waals surface area contributed by atoms with Gasteiger partial charge in [-0.25, -0.2) is 15.0 Å². The van der Waals surface area contributed by atoms with Crippen LogP contribution in [-0.4, -0.2) is 19.5 Å². The number of hydrogen-bond donors (Lipinski definition) is 0. The highest BCUT2D eigenvalue weighted by Gasteiger charge is 2.25. The van der Waals surface area contributed by atoms with E-state index in [1.807, 2.05) is 66.7 Å². The van der Waals surface area contributed by atoms with E-state index in [9.17, 15) is 0 Å². The predicted octanol–water partition coefficient (Wildman–Crippen LogP) is 16.8. The molecule has 0 saturated heterocycles. The number of furan rings is 2. The fourth-order valence-electron chi connectivity index (χ4n) is 10.3. The maximum absolute atomic E-state index is 7.07. The summed E-state index contributed by atoms with van der Waals surface area (Å²) in [6.45, 7) is 0. The molecule has 4 heterocycles. The molecule has 6 nitrogen and oxygen atoms in total. The average molecular weight is 883 g/mol. The Morgan fingerprint density at radius 3 is 1.61 bits per heavy atom. The molecular formula is C63H38N4O2. The standard InChI is InChI=1S/C63H38N4O2/c1-4-17-39(18-5-1)42-33-35-53-51(38-42)46-25-10-12-30-52(46)67(53)59-47(34-36-56-58(59)49-26-11-13-31-54(49)68-56)48-28-15-29-50-57-45(27-16-32-55(57)69-60(48)50)43-23-14-24-44(37-43)63-65-61(40-19-6-2-7-20-40)64-62(66-63)41-21-8-3-9-22-41/h1-38H. The van der Waals surface area contributed by atoms with Gasteiger partial charge in [-0.15, -0.1) is 0 Å². The molecule has 0 fully saturated rings. The fraction of sp³-hybridized carbons (Fsp3) is 0. The maximum atomic E-state index is 7.07. The predicted molar refractivity (Wildman–Crippen MR) is 281 cm³/mol. The minimum absolute atomic E-state index is 0.604. The lowest BCUT2D eigenvalue weighted by Gasteiger charge is -2.16. The van der Waals surface area contributed by atoms with Crippen LogP contribution in [0.15, 0.2) is 239 Å². The van der Waals surface area contributed by atoms with Gasteiger partial charge in [-0.2, -0.15) is 0 Å². The van der Waals surface area contributed by atoms with Gasteiger partial charge in [0.2, 0.25) is 0 Å². The van der Waals surface area contributed by atoms with Crippen molar-refractivity contribution in [2.75, 3.05) is 0 Å². The summed E-state index contributed by atoms with van der Waals surface area (Å²) in [5.74, 6) is 1.85. The van der Waals surface area contributed by atoms with Crippen LogP contribution in [0.5, 0.6) is 0 Å². The largest absolute Gasteiger partial charge is 0.456 e. The van der Waals surface area contributed by atoms with Crippen molar-refractivity contribution in [3.8, 4) is 73.2 Å². The lowest BCUT2D eigenvalue weighted by Crippen LogP contribution is -2.00. The Morgan fingerprint density at radius 1 is 0.290 bits per heavy atom. The topological polar surface area (TPSA) is 69.9 Å². The van der Waals surface area contributed by atoms with Crippen molar-refractivity contribution in [1.82, 2.24) is 19.5 Å². The van der Waals surface area contributed by atoms with Crippen LogP contribution in [0.1, 0.15) is 0 Å². The van der Waals surface area contributed by atoms with Crippen LogP contribution in [-0.2, 0) is 0 Å². The monoisotopic (exact) mass is 882 g/mol. The number of nitrogens with zero attached hydrogens (tertiary/aromatic N) is 4. The maximum Gasteiger partial charge on any atom is 0.164 e. The van der Waals surface area contributed by atoms with Gasteiger partial charge < -0.3 is 13.4 Å². The highest BCUT2D eigenvalue weighted by Crippen LogP contribution is 2.47. The van der Waals surface area contributed by atoms with Gasteiger partial charge in [0.05, 0.1) is 22.1 Å². The second-order valence-corrected chi connectivity index (χ2v) is 17.5. The summed E-state index contributed by atoms with van der Waals surface area (Å²) >= 11 is 0. The highest BCUT2D eigenvalue weighted by atomic mass is 16.3. The van der Waals surface area contributed by atoms with Crippen molar-refractivity contribution in [3.63, 3.8) is 0 Å². The molecule has 0 saturated carbocycles. The number of hydrogen-bond acceptors (Lipinski definition) is 5. The first kappa shape index (κ1) is 38.8. The second-order valence-electron chi connectivity index (χ2n) is 17.5. The third kappa shape index (κ3) is 6.30. The van der Waals surface area contributed by atoms with Crippen molar-refractivity contribution in [2.45, 2.75) is 0 Å². The average Bonchev–Trinajstić information content (AvgIpc) is 4.11. The van der Waals surface area contributed by atoms with Gasteiger partial charge in [0.15, 0.2) is 17.5 Å². The first-order valence-electron chi connectivity index (χ1n) is 23.2. The molecule has 14 rings (SSSR count). The number of benzene rings is 10. The zero-order valence-corrected chi connectivity index (χ0v) is 37.0. The van der Waals surface area contributed by atoms with Gasteiger partial charge in [0.25, 0.3) is 0 Å². The van der Waals surface area contributed by atoms with Gasteiger partial charge in [-0.3, -0.25) is 0 Å². The SMILES string of the molecule is c1ccc(-c2ccc3c(c2)c2ccccc2n3-c2c(-c3cccc4c3oc3cccc(-c5cccc(-c6nc(-c7ccccc7)nc(-c7ccccc7)n6)c5)c34)ccc3oc4ccccc4c23)cc1. The molecule has 0 aliphatic rings. The van der Waals surface area contributed by atoms with Gasteiger partial charge in [-0.05, 0) is 70.8 Å². The van der Waals surface area contributed by atoms with E-state index >= 15 is 0 Å². The molecule has 0 bridgehead atoms. The minimum atomic E-state index is 0.604. The van der Waals surface area contributed by atoms with Crippen LogP contribution in [0.2, 0.25) is 0 Å². The van der Waals surface area contributed by atoms with Crippen molar-refractivity contribution in [1.29, 1.82) is 0 Å². The number of para-hydroxylation sites is 3. The van der Waals surface area contributed by atoms with Gasteiger partial charge in [0.1, 0.15) is 22.3 Å². The summed E-state index contributed by atoms with van der Waals surface area (Å²) in [6.07, 6.45) is 0. The van der Waals surface area contributed by atoms with E-state index in [0.717, 1.165) is 99.5 Å². The molecule has 0 unspecified atom stereocenters. The quantitative estimate of drug-likeness (QED) is 0.159. The first-order valence-corrected chi connectivity index (χ1v) is 23.2. The summed E-state index contributed by atoms with van der Waals surface area (Å²) in [4.78, 5) is 15.0. The van der Waals surface area contributed by atoms with E-state index in [-0.39, 0.29) is 0 Å². The molecule has 69 heavy (non-hydrogen) atoms. The lowest BCUT2D eigenvalue weighted by atomic mass is 9.95. The van der Waals surface area contributed by atoms with Crippen LogP contribution < -0.4 is 0 Å². The highest BCUT2D eigenvalue weighted by molar-refractivity contribution is 6.20. The van der Waals surface area contributed by atoms with Crippen molar-refractivity contribution < 1.29 is 8.83 Å². The second kappa shape index (κ2) is 15.6. The molecule has 322 valence electrons. The van der Waals surface area contributed by atoms with E-state index in [4.69, 9.17) is 23.8 Å². The third-order valence-corrected chi connectivity index (χ3v) is 13.5. The Labute approximate surface area is 396 Å². The number of rotatable bonds is 7. The molecular weight excluding hydrogens is 845 g/mol. The van der Waals surface area contributed by atoms with Crippen LogP contribution in [0.4, 0.5) is 0 Å². The van der Waals surface area contributed by atoms with Gasteiger partial charge in [-0.1, -0.05) is 182 Å². The first-order chi connectivity index (χ1) is 34.2. The molecule has 6 heteroatoms. The Hall–Kier alpha value is -9.39. The molecule has 14 aromatic rings. The van der Waals surface area contributed by atoms with E-state index in [0.29, 0.717) is 17.5 Å². The van der Waals surface area contributed by atoms with Crippen molar-refractivity contribution in [2.24, 2.45) is 0 Å². The molecule has 0 aliphatic heterocycles. The smallest absolute Gasteiger partial charge is 0.164 e. The molecule has 10 aromatic carbocycles. The number of aromatic nitrogens is 4. The van der Waals surface area contributed by atoms with Crippen LogP contribution in [0.3, 0.4) is 0 Å². The molecule has 0 spiro atoms. The summed E-state index contributed by atoms with van der Waals surface area (Å²) < 4.78 is 16.1. The zero-order chi connectivity index (χ0) is 45.4. The zero-order valence-electron chi connectivity index (χ0n) is 37.0. The summed E-state index contributed by atoms with van der Waals surface area (Å²) in [5, 5.41) is 6.53. The Bertz CT molecular complexity index is 4250. The van der Waals surface area contributed by atoms with Crippen molar-refractivity contribution >= 4 is 65.7 Å². The Kier molecular flexibility index (Phi) is 8.79. The Balaban J connectivity index is 0.978. The third-order valence-electron chi connectivity index (χ3n) is 13.5. The van der Waals surface area contributed by atoms with E-state index < -0.39 is 0 Å². The van der Waals surface area contributed by atoms with Crippen molar-refractivity contribution in [3.05, 3.63) is 231 Å². The summed E-state index contributed by atoms with van der Waals surface area (Å²) in [6, 6.07) is 80.3. The summed E-state index contributed by atoms with van der Waals surface area (Å²) in [7, 11) is 0. The molecule has 4 aromatic heterocycles. The van der Waals surface area contributed by atoms with Gasteiger partial charge >= 0.3 is 0 Å². The van der Waals surface area contributed by atoms with E-state index in [1.165, 1.54) is 21.9 Å². The van der Waals surface area contributed by atoms with Crippen LogP contribution in [0, 0.1) is 0 Å². The molecule has 0 amide bonds.